The molecule has 0 saturated heterocycles. The van der Waals surface area contributed by atoms with Crippen molar-refractivity contribution in [2.45, 2.75) is 17.3 Å². The van der Waals surface area contributed by atoms with Gasteiger partial charge in [0.1, 0.15) is 11.0 Å². The number of hydrogen-bond donors (Lipinski definition) is 2. The van der Waals surface area contributed by atoms with Crippen molar-refractivity contribution in [3.63, 3.8) is 0 Å². The van der Waals surface area contributed by atoms with Gasteiger partial charge >= 0.3 is 0 Å². The Morgan fingerprint density at radius 3 is 2.44 bits per heavy atom. The molecule has 3 aromatic carbocycles. The molecule has 1 heterocycles. The Kier molecular flexibility index (Phi) is 6.47. The lowest BCUT2D eigenvalue weighted by Gasteiger charge is -2.18. The van der Waals surface area contributed by atoms with Crippen LogP contribution >= 0.6 is 11.8 Å². The van der Waals surface area contributed by atoms with Gasteiger partial charge < -0.3 is 15.9 Å². The number of ether oxygens (including phenoxy) is 1. The van der Waals surface area contributed by atoms with Crippen LogP contribution < -0.4 is 15.9 Å². The van der Waals surface area contributed by atoms with Crippen molar-refractivity contribution in [3.8, 4) is 17.0 Å². The molecule has 1 amide bonds. The molecule has 32 heavy (non-hydrogen) atoms. The zero-order valence-corrected chi connectivity index (χ0v) is 18.7. The average Bonchev–Trinajstić information content (AvgIpc) is 3.19. The number of carbonyl (C=O) groups excluding carboxylic acids is 1. The molecule has 0 bridgehead atoms. The quantitative estimate of drug-likeness (QED) is 0.308. The predicted molar refractivity (Wildman–Crippen MR) is 129 cm³/mol. The van der Waals surface area contributed by atoms with Gasteiger partial charge in [0.25, 0.3) is 0 Å². The van der Waals surface area contributed by atoms with Gasteiger partial charge in [-0.05, 0) is 30.2 Å². The zero-order valence-electron chi connectivity index (χ0n) is 17.9. The maximum absolute atomic E-state index is 13.4. The second kappa shape index (κ2) is 9.62. The van der Waals surface area contributed by atoms with Gasteiger partial charge in [-0.25, -0.2) is 9.66 Å². The third-order valence-electron chi connectivity index (χ3n) is 4.94. The van der Waals surface area contributed by atoms with E-state index < -0.39 is 5.25 Å². The number of aromatic nitrogens is 2. The standard InChI is InChI=1S/C25H24N4O2S/c1-17-13-14-22(31-2)20(15-17)27-24(30)23(19-11-7-4-8-12-19)32-25-28-21(16-29(25)26)18-9-5-3-6-10-18/h3-16,23H,26H2,1-2H3,(H,27,30)/t23-/m1/s1. The molecule has 0 saturated carbocycles. The number of methoxy groups -OCH3 is 1. The summed E-state index contributed by atoms with van der Waals surface area (Å²) in [6, 6.07) is 25.1. The van der Waals surface area contributed by atoms with Crippen LogP contribution in [0, 0.1) is 6.92 Å². The molecule has 4 aromatic rings. The second-order valence-corrected chi connectivity index (χ2v) is 8.36. The van der Waals surface area contributed by atoms with Gasteiger partial charge in [-0.2, -0.15) is 0 Å². The van der Waals surface area contributed by atoms with E-state index in [1.807, 2.05) is 85.8 Å². The van der Waals surface area contributed by atoms with Crippen LogP contribution in [0.25, 0.3) is 11.3 Å². The van der Waals surface area contributed by atoms with Crippen molar-refractivity contribution in [1.82, 2.24) is 9.66 Å². The van der Waals surface area contributed by atoms with E-state index in [1.54, 1.807) is 13.3 Å². The van der Waals surface area contributed by atoms with E-state index >= 15 is 0 Å². The highest BCUT2D eigenvalue weighted by Crippen LogP contribution is 2.37. The number of rotatable bonds is 7. The van der Waals surface area contributed by atoms with E-state index in [0.717, 1.165) is 22.4 Å². The topological polar surface area (TPSA) is 82.2 Å². The minimum atomic E-state index is -0.560. The fourth-order valence-electron chi connectivity index (χ4n) is 3.34. The summed E-state index contributed by atoms with van der Waals surface area (Å²) < 4.78 is 6.88. The van der Waals surface area contributed by atoms with Crippen LogP contribution in [0.4, 0.5) is 5.69 Å². The lowest BCUT2D eigenvalue weighted by Crippen LogP contribution is -2.20. The molecule has 0 unspecified atom stereocenters. The summed E-state index contributed by atoms with van der Waals surface area (Å²) in [5.41, 5.74) is 4.22. The molecule has 0 aliphatic carbocycles. The highest BCUT2D eigenvalue weighted by Gasteiger charge is 2.25. The third kappa shape index (κ3) is 4.78. The summed E-state index contributed by atoms with van der Waals surface area (Å²) >= 11 is 1.30. The molecule has 162 valence electrons. The summed E-state index contributed by atoms with van der Waals surface area (Å²) in [7, 11) is 1.58. The molecule has 1 atom stereocenters. The van der Waals surface area contributed by atoms with Crippen LogP contribution in [-0.2, 0) is 4.79 Å². The van der Waals surface area contributed by atoms with Crippen molar-refractivity contribution in [2.24, 2.45) is 0 Å². The molecule has 0 spiro atoms. The van der Waals surface area contributed by atoms with Gasteiger partial charge in [0.15, 0.2) is 5.16 Å². The Morgan fingerprint density at radius 2 is 1.75 bits per heavy atom. The first-order valence-corrected chi connectivity index (χ1v) is 11.0. The Hall–Kier alpha value is -3.71. The van der Waals surface area contributed by atoms with Crippen LogP contribution in [0.1, 0.15) is 16.4 Å². The molecule has 0 fully saturated rings. The largest absolute Gasteiger partial charge is 0.495 e. The van der Waals surface area contributed by atoms with Gasteiger partial charge in [-0.15, -0.1) is 0 Å². The lowest BCUT2D eigenvalue weighted by molar-refractivity contribution is -0.115. The number of imidazole rings is 1. The highest BCUT2D eigenvalue weighted by atomic mass is 32.2. The van der Waals surface area contributed by atoms with Crippen molar-refractivity contribution < 1.29 is 9.53 Å². The summed E-state index contributed by atoms with van der Waals surface area (Å²) in [6.45, 7) is 1.97. The van der Waals surface area contributed by atoms with E-state index in [9.17, 15) is 4.79 Å². The molecular formula is C25H24N4O2S. The number of nitrogens with zero attached hydrogens (tertiary/aromatic N) is 2. The van der Waals surface area contributed by atoms with Crippen molar-refractivity contribution in [2.75, 3.05) is 18.3 Å². The number of hydrogen-bond acceptors (Lipinski definition) is 5. The smallest absolute Gasteiger partial charge is 0.242 e. The number of thioether (sulfide) groups is 1. The number of nitrogens with two attached hydrogens (primary N) is 1. The van der Waals surface area contributed by atoms with Crippen molar-refractivity contribution in [3.05, 3.63) is 96.2 Å². The minimum Gasteiger partial charge on any atom is -0.495 e. The van der Waals surface area contributed by atoms with Gasteiger partial charge in [-0.1, -0.05) is 78.5 Å². The second-order valence-electron chi connectivity index (χ2n) is 7.28. The predicted octanol–water partition coefficient (Wildman–Crippen LogP) is 5.05. The van der Waals surface area contributed by atoms with Crippen LogP contribution in [-0.4, -0.2) is 22.7 Å². The van der Waals surface area contributed by atoms with Gasteiger partial charge in [0, 0.05) is 5.56 Å². The highest BCUT2D eigenvalue weighted by molar-refractivity contribution is 8.00. The Balaban J connectivity index is 1.65. The molecule has 6 nitrogen and oxygen atoms in total. The summed E-state index contributed by atoms with van der Waals surface area (Å²) in [5, 5.41) is 3.00. The van der Waals surface area contributed by atoms with Crippen LogP contribution in [0.5, 0.6) is 5.75 Å². The number of anilines is 1. The minimum absolute atomic E-state index is 0.186. The molecule has 7 heteroatoms. The molecule has 3 N–H and O–H groups in total. The third-order valence-corrected chi connectivity index (χ3v) is 6.18. The first-order chi connectivity index (χ1) is 15.5. The molecular weight excluding hydrogens is 420 g/mol. The van der Waals surface area contributed by atoms with E-state index in [0.29, 0.717) is 16.6 Å². The van der Waals surface area contributed by atoms with Gasteiger partial charge in [0.05, 0.1) is 24.7 Å². The maximum atomic E-state index is 13.4. The number of carbonyl (C=O) groups is 1. The lowest BCUT2D eigenvalue weighted by atomic mass is 10.1. The number of benzene rings is 3. The zero-order chi connectivity index (χ0) is 22.5. The first-order valence-electron chi connectivity index (χ1n) is 10.1. The van der Waals surface area contributed by atoms with Crippen LogP contribution in [0.2, 0.25) is 0 Å². The SMILES string of the molecule is COc1ccc(C)cc1NC(=O)[C@H](Sc1nc(-c2ccccc2)cn1N)c1ccccc1. The Bertz CT molecular complexity index is 1210. The van der Waals surface area contributed by atoms with E-state index in [-0.39, 0.29) is 5.91 Å². The van der Waals surface area contributed by atoms with Crippen LogP contribution in [0.15, 0.2) is 90.2 Å². The van der Waals surface area contributed by atoms with Gasteiger partial charge in [0.2, 0.25) is 5.91 Å². The fraction of sp³-hybridized carbons (Fsp3) is 0.120. The first kappa shape index (κ1) is 21.5. The average molecular weight is 445 g/mol. The Labute approximate surface area is 191 Å². The summed E-state index contributed by atoms with van der Waals surface area (Å²) in [5.74, 6) is 6.62. The molecule has 1 aromatic heterocycles. The number of aryl methyl sites for hydroxylation is 1. The number of amides is 1. The van der Waals surface area contributed by atoms with Crippen molar-refractivity contribution in [1.29, 1.82) is 0 Å². The molecule has 4 rings (SSSR count). The van der Waals surface area contributed by atoms with E-state index in [4.69, 9.17) is 10.6 Å². The summed E-state index contributed by atoms with van der Waals surface area (Å²) in [6.07, 6.45) is 1.77. The fourth-order valence-corrected chi connectivity index (χ4v) is 4.33. The molecule has 0 aliphatic rings. The monoisotopic (exact) mass is 444 g/mol. The van der Waals surface area contributed by atoms with E-state index in [1.165, 1.54) is 16.4 Å². The number of nitrogen functional groups attached to an aromatic ring is 1. The summed E-state index contributed by atoms with van der Waals surface area (Å²) in [4.78, 5) is 18.1. The molecule has 0 radical (unpaired) electrons. The maximum Gasteiger partial charge on any atom is 0.242 e. The normalized spacial score (nSPS) is 11.7. The van der Waals surface area contributed by atoms with Gasteiger partial charge in [-0.3, -0.25) is 4.79 Å². The van der Waals surface area contributed by atoms with Crippen LogP contribution in [0.3, 0.4) is 0 Å². The van der Waals surface area contributed by atoms with E-state index in [2.05, 4.69) is 10.3 Å². The van der Waals surface area contributed by atoms with Crippen molar-refractivity contribution >= 4 is 23.4 Å². The molecule has 0 aliphatic heterocycles. The number of nitrogens with one attached hydrogen (secondary N) is 1. The Morgan fingerprint density at radius 1 is 1.06 bits per heavy atom.